The summed E-state index contributed by atoms with van der Waals surface area (Å²) in [6.07, 6.45) is 4.67. The first kappa shape index (κ1) is 22.9. The lowest BCUT2D eigenvalue weighted by Crippen LogP contribution is -2.45. The molecule has 1 aliphatic rings. The van der Waals surface area contributed by atoms with Crippen LogP contribution < -0.4 is 11.1 Å². The van der Waals surface area contributed by atoms with Crippen molar-refractivity contribution in [2.24, 2.45) is 23.5 Å². The first-order chi connectivity index (χ1) is 11.2. The Hall–Kier alpha value is -1.12. The van der Waals surface area contributed by atoms with Gasteiger partial charge in [0.1, 0.15) is 0 Å². The molecule has 7 nitrogen and oxygen atoms in total. The normalized spacial score (nSPS) is 21.5. The van der Waals surface area contributed by atoms with E-state index in [-0.39, 0.29) is 17.7 Å². The molecule has 1 amide bonds. The number of hydrogen-bond donors (Lipinski definition) is 5. The van der Waals surface area contributed by atoms with Gasteiger partial charge in [-0.1, -0.05) is 33.6 Å². The topological polar surface area (TPSA) is 133 Å². The Morgan fingerprint density at radius 2 is 1.79 bits per heavy atom. The highest BCUT2D eigenvalue weighted by atomic mass is 16.4. The quantitative estimate of drug-likeness (QED) is 0.435. The van der Waals surface area contributed by atoms with Gasteiger partial charge in [0.25, 0.3) is 0 Å². The van der Waals surface area contributed by atoms with Crippen molar-refractivity contribution in [1.82, 2.24) is 5.32 Å². The predicted octanol–water partition coefficient (Wildman–Crippen LogP) is 0.846. The first-order valence-corrected chi connectivity index (χ1v) is 8.81. The average Bonchev–Trinajstić information content (AvgIpc) is 2.52. The van der Waals surface area contributed by atoms with E-state index in [1.807, 2.05) is 13.8 Å². The van der Waals surface area contributed by atoms with Gasteiger partial charge >= 0.3 is 13.1 Å². The molecule has 0 spiro atoms. The van der Waals surface area contributed by atoms with Gasteiger partial charge in [-0.25, -0.2) is 0 Å². The van der Waals surface area contributed by atoms with Crippen LogP contribution in [-0.2, 0) is 9.59 Å². The maximum Gasteiger partial charge on any atom is 0.451 e. The molecule has 3 unspecified atom stereocenters. The van der Waals surface area contributed by atoms with Crippen molar-refractivity contribution in [3.05, 3.63) is 0 Å². The zero-order valence-electron chi connectivity index (χ0n) is 15.1. The highest BCUT2D eigenvalue weighted by Gasteiger charge is 2.31. The SMILES string of the molecule is CC(C)CC(N)C(=O)NCC1CCCCC1C(=O)O.CCB(O)O. The van der Waals surface area contributed by atoms with E-state index < -0.39 is 19.1 Å². The molecule has 0 bridgehead atoms. The summed E-state index contributed by atoms with van der Waals surface area (Å²) in [6.45, 7) is 6.18. The Morgan fingerprint density at radius 3 is 2.25 bits per heavy atom. The van der Waals surface area contributed by atoms with E-state index in [4.69, 9.17) is 20.9 Å². The van der Waals surface area contributed by atoms with Crippen LogP contribution >= 0.6 is 0 Å². The minimum absolute atomic E-state index is 0.0430. The van der Waals surface area contributed by atoms with Gasteiger partial charge in [-0.05, 0) is 37.4 Å². The number of carbonyl (C=O) groups is 2. The summed E-state index contributed by atoms with van der Waals surface area (Å²) in [4.78, 5) is 23.0. The number of nitrogens with two attached hydrogens (primary N) is 1. The lowest BCUT2D eigenvalue weighted by atomic mass is 9.79. The number of carbonyl (C=O) groups excluding carboxylic acids is 1. The van der Waals surface area contributed by atoms with Gasteiger partial charge < -0.3 is 26.2 Å². The second-order valence-electron chi connectivity index (χ2n) is 6.86. The summed E-state index contributed by atoms with van der Waals surface area (Å²) >= 11 is 0. The molecule has 8 heteroatoms. The number of aliphatic carboxylic acids is 1. The van der Waals surface area contributed by atoms with Crippen LogP contribution in [0.4, 0.5) is 0 Å². The smallest absolute Gasteiger partial charge is 0.451 e. The number of carboxylic acid groups (broad SMARTS) is 1. The molecule has 0 aromatic heterocycles. The number of carboxylic acids is 1. The molecule has 0 aromatic carbocycles. The van der Waals surface area contributed by atoms with Crippen LogP contribution in [0, 0.1) is 17.8 Å². The predicted molar refractivity (Wildman–Crippen MR) is 94.2 cm³/mol. The van der Waals surface area contributed by atoms with E-state index in [0.29, 0.717) is 31.6 Å². The molecule has 1 saturated carbocycles. The third-order valence-corrected chi connectivity index (χ3v) is 4.19. The fourth-order valence-corrected chi connectivity index (χ4v) is 2.75. The number of rotatable bonds is 7. The fourth-order valence-electron chi connectivity index (χ4n) is 2.75. The molecule has 1 rings (SSSR count). The first-order valence-electron chi connectivity index (χ1n) is 8.81. The molecule has 0 aliphatic heterocycles. The van der Waals surface area contributed by atoms with Crippen molar-refractivity contribution in [3.63, 3.8) is 0 Å². The maximum atomic E-state index is 11.8. The maximum absolute atomic E-state index is 11.8. The lowest BCUT2D eigenvalue weighted by Gasteiger charge is -2.29. The van der Waals surface area contributed by atoms with Gasteiger partial charge in [0, 0.05) is 6.54 Å². The van der Waals surface area contributed by atoms with Crippen LogP contribution in [0.3, 0.4) is 0 Å². The summed E-state index contributed by atoms with van der Waals surface area (Å²) in [5, 5.41) is 27.8. The highest BCUT2D eigenvalue weighted by Crippen LogP contribution is 2.29. The minimum Gasteiger partial charge on any atom is -0.481 e. The molecule has 1 aliphatic carbocycles. The van der Waals surface area contributed by atoms with Crippen molar-refractivity contribution < 1.29 is 24.7 Å². The number of hydrogen-bond acceptors (Lipinski definition) is 5. The van der Waals surface area contributed by atoms with Crippen LogP contribution in [0.2, 0.25) is 6.32 Å². The lowest BCUT2D eigenvalue weighted by molar-refractivity contribution is -0.145. The van der Waals surface area contributed by atoms with Gasteiger partial charge in [0.05, 0.1) is 12.0 Å². The zero-order valence-corrected chi connectivity index (χ0v) is 15.1. The van der Waals surface area contributed by atoms with Crippen LogP contribution in [0.1, 0.15) is 52.9 Å². The van der Waals surface area contributed by atoms with Crippen molar-refractivity contribution in [3.8, 4) is 0 Å². The Labute approximate surface area is 145 Å². The highest BCUT2D eigenvalue weighted by molar-refractivity contribution is 6.40. The van der Waals surface area contributed by atoms with Gasteiger partial charge in [0.15, 0.2) is 0 Å². The Morgan fingerprint density at radius 1 is 1.25 bits per heavy atom. The van der Waals surface area contributed by atoms with Crippen LogP contribution in [-0.4, -0.2) is 46.7 Å². The molecular weight excluding hydrogens is 311 g/mol. The van der Waals surface area contributed by atoms with E-state index in [1.54, 1.807) is 6.92 Å². The molecule has 24 heavy (non-hydrogen) atoms. The van der Waals surface area contributed by atoms with Crippen LogP contribution in [0.5, 0.6) is 0 Å². The molecule has 6 N–H and O–H groups in total. The molecule has 140 valence electrons. The molecule has 0 radical (unpaired) electrons. The monoisotopic (exact) mass is 344 g/mol. The molecule has 0 aromatic rings. The Bertz CT molecular complexity index is 379. The molecule has 0 saturated heterocycles. The van der Waals surface area contributed by atoms with Crippen molar-refractivity contribution in [1.29, 1.82) is 0 Å². The Balaban J connectivity index is 0.000000922. The summed E-state index contributed by atoms with van der Waals surface area (Å²) < 4.78 is 0. The minimum atomic E-state index is -1.12. The van der Waals surface area contributed by atoms with Crippen LogP contribution in [0.25, 0.3) is 0 Å². The van der Waals surface area contributed by atoms with E-state index >= 15 is 0 Å². The molecule has 1 fully saturated rings. The number of nitrogens with one attached hydrogen (secondary N) is 1. The summed E-state index contributed by atoms with van der Waals surface area (Å²) in [5.74, 6) is -0.812. The molecule has 0 heterocycles. The second-order valence-corrected chi connectivity index (χ2v) is 6.86. The second kappa shape index (κ2) is 12.3. The van der Waals surface area contributed by atoms with Gasteiger partial charge in [-0.15, -0.1) is 0 Å². The largest absolute Gasteiger partial charge is 0.481 e. The summed E-state index contributed by atoms with van der Waals surface area (Å²) in [5.41, 5.74) is 5.80. The standard InChI is InChI=1S/C14H26N2O3.C2H7BO2/c1-9(2)7-12(15)13(17)16-8-10-5-3-4-6-11(10)14(18)19;1-2-3(4)5/h9-12H,3-8,15H2,1-2H3,(H,16,17)(H,18,19);4-5H,2H2,1H3. The van der Waals surface area contributed by atoms with Gasteiger partial charge in [0.2, 0.25) is 5.91 Å². The number of amides is 1. The molecule has 3 atom stereocenters. The van der Waals surface area contributed by atoms with E-state index in [0.717, 1.165) is 19.3 Å². The third-order valence-electron chi connectivity index (χ3n) is 4.19. The Kier molecular flexibility index (Phi) is 11.7. The van der Waals surface area contributed by atoms with Crippen molar-refractivity contribution in [2.75, 3.05) is 6.54 Å². The fraction of sp³-hybridized carbons (Fsp3) is 0.875. The van der Waals surface area contributed by atoms with E-state index in [9.17, 15) is 9.59 Å². The van der Waals surface area contributed by atoms with Gasteiger partial charge in [-0.2, -0.15) is 0 Å². The van der Waals surface area contributed by atoms with E-state index in [2.05, 4.69) is 5.32 Å². The van der Waals surface area contributed by atoms with Crippen molar-refractivity contribution in [2.45, 2.75) is 65.2 Å². The zero-order chi connectivity index (χ0) is 18.7. The average molecular weight is 344 g/mol. The summed E-state index contributed by atoms with van der Waals surface area (Å²) in [6, 6.07) is -0.494. The van der Waals surface area contributed by atoms with E-state index in [1.165, 1.54) is 0 Å². The summed E-state index contributed by atoms with van der Waals surface area (Å²) in [7, 11) is -1.12. The van der Waals surface area contributed by atoms with Crippen molar-refractivity contribution >= 4 is 19.0 Å². The molecular formula is C16H33BN2O5. The van der Waals surface area contributed by atoms with Gasteiger partial charge in [-0.3, -0.25) is 9.59 Å². The van der Waals surface area contributed by atoms with Crippen LogP contribution in [0.15, 0.2) is 0 Å². The third kappa shape index (κ3) is 9.90.